The molecule has 16 heavy (non-hydrogen) atoms. The number of ether oxygens (including phenoxy) is 2. The van der Waals surface area contributed by atoms with Crippen molar-refractivity contribution in [1.82, 2.24) is 5.32 Å². The van der Waals surface area contributed by atoms with E-state index in [1.54, 1.807) is 0 Å². The zero-order chi connectivity index (χ0) is 12.4. The third kappa shape index (κ3) is 13.5. The van der Waals surface area contributed by atoms with E-state index in [-0.39, 0.29) is 19.8 Å². The van der Waals surface area contributed by atoms with Crippen LogP contribution in [0.2, 0.25) is 0 Å². The number of alkyl halides is 5. The number of nitrogens with one attached hydrogen (secondary N) is 1. The van der Waals surface area contributed by atoms with Gasteiger partial charge in [-0.2, -0.15) is 13.2 Å². The van der Waals surface area contributed by atoms with Crippen molar-refractivity contribution in [3.63, 3.8) is 0 Å². The Bertz CT molecular complexity index is 165. The predicted octanol–water partition coefficient (Wildman–Crippen LogP) is 1.44. The minimum Gasteiger partial charge on any atom is -0.374 e. The quantitative estimate of drug-likeness (QED) is 0.497. The average molecular weight is 251 g/mol. The molecule has 0 bridgehead atoms. The summed E-state index contributed by atoms with van der Waals surface area (Å²) in [4.78, 5) is 0. The van der Waals surface area contributed by atoms with E-state index in [0.29, 0.717) is 6.54 Å². The van der Waals surface area contributed by atoms with Crippen LogP contribution >= 0.6 is 0 Å². The molecule has 0 amide bonds. The van der Waals surface area contributed by atoms with Crippen molar-refractivity contribution in [2.75, 3.05) is 39.5 Å². The Morgan fingerprint density at radius 2 is 1.56 bits per heavy atom. The Balaban J connectivity index is 3.05. The van der Waals surface area contributed by atoms with Crippen molar-refractivity contribution < 1.29 is 31.4 Å². The third-order valence-corrected chi connectivity index (χ3v) is 1.36. The van der Waals surface area contributed by atoms with Crippen LogP contribution in [0.5, 0.6) is 0 Å². The molecule has 0 radical (unpaired) electrons. The Labute approximate surface area is 89.9 Å². The van der Waals surface area contributed by atoms with Gasteiger partial charge in [0.2, 0.25) is 0 Å². The molecule has 0 saturated heterocycles. The molecular weight excluding hydrogens is 237 g/mol. The van der Waals surface area contributed by atoms with E-state index in [9.17, 15) is 22.0 Å². The highest BCUT2D eigenvalue weighted by Crippen LogP contribution is 2.13. The molecule has 0 spiro atoms. The summed E-state index contributed by atoms with van der Waals surface area (Å²) in [5.74, 6) is 0. The van der Waals surface area contributed by atoms with Gasteiger partial charge in [0.1, 0.15) is 13.2 Å². The minimum absolute atomic E-state index is 0.0869. The predicted molar refractivity (Wildman–Crippen MR) is 46.6 cm³/mol. The zero-order valence-corrected chi connectivity index (χ0v) is 8.53. The topological polar surface area (TPSA) is 30.5 Å². The second-order valence-electron chi connectivity index (χ2n) is 2.88. The first-order valence-electron chi connectivity index (χ1n) is 4.63. The molecule has 0 heterocycles. The van der Waals surface area contributed by atoms with E-state index in [4.69, 9.17) is 0 Å². The SMILES string of the molecule is FC(F)COCCNCCOCC(F)(F)F. The summed E-state index contributed by atoms with van der Waals surface area (Å²) in [6.45, 7) is -1.41. The Morgan fingerprint density at radius 3 is 2.06 bits per heavy atom. The molecule has 0 rings (SSSR count). The van der Waals surface area contributed by atoms with Crippen molar-refractivity contribution in [1.29, 1.82) is 0 Å². The number of hydrogen-bond acceptors (Lipinski definition) is 3. The minimum atomic E-state index is -4.32. The molecule has 0 aliphatic rings. The molecule has 0 unspecified atom stereocenters. The average Bonchev–Trinajstić information content (AvgIpc) is 2.13. The van der Waals surface area contributed by atoms with Crippen LogP contribution in [0.3, 0.4) is 0 Å². The van der Waals surface area contributed by atoms with Gasteiger partial charge in [-0.1, -0.05) is 0 Å². The van der Waals surface area contributed by atoms with Crippen LogP contribution in [-0.2, 0) is 9.47 Å². The fourth-order valence-electron chi connectivity index (χ4n) is 0.774. The maximum absolute atomic E-state index is 11.6. The van der Waals surface area contributed by atoms with Crippen LogP contribution in [0.4, 0.5) is 22.0 Å². The largest absolute Gasteiger partial charge is 0.411 e. The van der Waals surface area contributed by atoms with Crippen LogP contribution in [0.25, 0.3) is 0 Å². The second kappa shape index (κ2) is 8.66. The number of rotatable bonds is 9. The highest BCUT2D eigenvalue weighted by molar-refractivity contribution is 4.49. The molecule has 0 aliphatic carbocycles. The Morgan fingerprint density at radius 1 is 1.00 bits per heavy atom. The van der Waals surface area contributed by atoms with Gasteiger partial charge in [0, 0.05) is 13.1 Å². The fourth-order valence-corrected chi connectivity index (χ4v) is 0.774. The summed E-state index contributed by atoms with van der Waals surface area (Å²) < 4.78 is 66.6. The van der Waals surface area contributed by atoms with Crippen molar-refractivity contribution in [2.45, 2.75) is 12.6 Å². The highest BCUT2D eigenvalue weighted by atomic mass is 19.4. The van der Waals surface area contributed by atoms with Crippen LogP contribution in [-0.4, -0.2) is 52.1 Å². The maximum Gasteiger partial charge on any atom is 0.411 e. The van der Waals surface area contributed by atoms with Crippen LogP contribution < -0.4 is 5.32 Å². The lowest BCUT2D eigenvalue weighted by Gasteiger charge is -2.08. The molecule has 1 N–H and O–H groups in total. The first-order valence-corrected chi connectivity index (χ1v) is 4.63. The third-order valence-electron chi connectivity index (χ3n) is 1.36. The fraction of sp³-hybridized carbons (Fsp3) is 1.00. The van der Waals surface area contributed by atoms with Crippen LogP contribution in [0, 0.1) is 0 Å². The van der Waals surface area contributed by atoms with Crippen molar-refractivity contribution in [3.8, 4) is 0 Å². The molecule has 0 aliphatic heterocycles. The van der Waals surface area contributed by atoms with E-state index >= 15 is 0 Å². The summed E-state index contributed by atoms with van der Waals surface area (Å²) >= 11 is 0. The van der Waals surface area contributed by atoms with Gasteiger partial charge in [-0.3, -0.25) is 0 Å². The molecule has 0 aromatic rings. The van der Waals surface area contributed by atoms with E-state index in [1.807, 2.05) is 0 Å². The van der Waals surface area contributed by atoms with Gasteiger partial charge in [-0.25, -0.2) is 8.78 Å². The van der Waals surface area contributed by atoms with Gasteiger partial charge in [0.25, 0.3) is 6.43 Å². The lowest BCUT2D eigenvalue weighted by molar-refractivity contribution is -0.173. The van der Waals surface area contributed by atoms with E-state index in [2.05, 4.69) is 14.8 Å². The molecule has 0 fully saturated rings. The highest BCUT2D eigenvalue weighted by Gasteiger charge is 2.27. The second-order valence-corrected chi connectivity index (χ2v) is 2.88. The smallest absolute Gasteiger partial charge is 0.374 e. The molecule has 3 nitrogen and oxygen atoms in total. The van der Waals surface area contributed by atoms with Gasteiger partial charge >= 0.3 is 6.18 Å². The van der Waals surface area contributed by atoms with Crippen molar-refractivity contribution >= 4 is 0 Å². The summed E-state index contributed by atoms with van der Waals surface area (Å²) in [6, 6.07) is 0. The number of hydrogen-bond donors (Lipinski definition) is 1. The van der Waals surface area contributed by atoms with Crippen molar-refractivity contribution in [2.24, 2.45) is 0 Å². The van der Waals surface area contributed by atoms with Gasteiger partial charge in [-0.15, -0.1) is 0 Å². The maximum atomic E-state index is 11.6. The van der Waals surface area contributed by atoms with Gasteiger partial charge in [-0.05, 0) is 0 Å². The Hall–Kier alpha value is -0.470. The van der Waals surface area contributed by atoms with Crippen LogP contribution in [0.15, 0.2) is 0 Å². The number of halogens is 5. The Kier molecular flexibility index (Phi) is 8.40. The zero-order valence-electron chi connectivity index (χ0n) is 8.53. The van der Waals surface area contributed by atoms with Gasteiger partial charge < -0.3 is 14.8 Å². The monoisotopic (exact) mass is 251 g/mol. The van der Waals surface area contributed by atoms with Gasteiger partial charge in [0.15, 0.2) is 0 Å². The summed E-state index contributed by atoms with van der Waals surface area (Å²) in [5.41, 5.74) is 0. The molecule has 0 aromatic carbocycles. The molecule has 0 saturated carbocycles. The van der Waals surface area contributed by atoms with E-state index in [1.165, 1.54) is 0 Å². The summed E-state index contributed by atoms with van der Waals surface area (Å²) in [5, 5.41) is 2.68. The molecule has 8 heteroatoms. The molecule has 0 aromatic heterocycles. The lowest BCUT2D eigenvalue weighted by atomic mass is 10.6. The lowest BCUT2D eigenvalue weighted by Crippen LogP contribution is -2.26. The van der Waals surface area contributed by atoms with Gasteiger partial charge in [0.05, 0.1) is 13.2 Å². The normalized spacial score (nSPS) is 12.4. The first-order chi connectivity index (χ1) is 7.42. The van der Waals surface area contributed by atoms with Crippen molar-refractivity contribution in [3.05, 3.63) is 0 Å². The van der Waals surface area contributed by atoms with E-state index < -0.39 is 25.8 Å². The summed E-state index contributed by atoms with van der Waals surface area (Å²) in [6.07, 6.45) is -6.82. The standard InChI is InChI=1S/C8H14F5NO2/c9-7(10)5-15-3-1-14-2-4-16-6-8(11,12)13/h7,14H,1-6H2. The van der Waals surface area contributed by atoms with E-state index in [0.717, 1.165) is 0 Å². The van der Waals surface area contributed by atoms with Crippen LogP contribution in [0.1, 0.15) is 0 Å². The molecule has 0 atom stereocenters. The first kappa shape index (κ1) is 15.5. The molecule has 98 valence electrons. The molecular formula is C8H14F5NO2. The summed E-state index contributed by atoms with van der Waals surface area (Å²) in [7, 11) is 0.